The van der Waals surface area contributed by atoms with Crippen molar-refractivity contribution in [2.75, 3.05) is 13.2 Å². The Morgan fingerprint density at radius 2 is 2.22 bits per heavy atom. The predicted molar refractivity (Wildman–Crippen MR) is 101 cm³/mol. The lowest BCUT2D eigenvalue weighted by molar-refractivity contribution is -0.143. The van der Waals surface area contributed by atoms with Crippen molar-refractivity contribution in [2.24, 2.45) is 0 Å². The first-order valence-electron chi connectivity index (χ1n) is 8.62. The number of ether oxygens (including phenoxy) is 1. The lowest BCUT2D eigenvalue weighted by atomic mass is 10.2. The van der Waals surface area contributed by atoms with Crippen molar-refractivity contribution in [2.45, 2.75) is 26.6 Å². The molecule has 0 amide bonds. The van der Waals surface area contributed by atoms with Crippen LogP contribution in [0.4, 0.5) is 0 Å². The van der Waals surface area contributed by atoms with Gasteiger partial charge in [0.15, 0.2) is 5.58 Å². The molecule has 0 saturated heterocycles. The number of carbonyl (C=O) groups excluding carboxylic acids is 1. The van der Waals surface area contributed by atoms with Crippen LogP contribution in [0.2, 0.25) is 5.02 Å². The summed E-state index contributed by atoms with van der Waals surface area (Å²) in [5, 5.41) is 0.498. The van der Waals surface area contributed by atoms with Gasteiger partial charge >= 0.3 is 11.7 Å². The fourth-order valence-electron chi connectivity index (χ4n) is 2.81. The number of hydrogen-bond acceptors (Lipinski definition) is 6. The lowest BCUT2D eigenvalue weighted by Crippen LogP contribution is -2.32. The van der Waals surface area contributed by atoms with Crippen LogP contribution in [0.15, 0.2) is 51.9 Å². The topological polar surface area (TPSA) is 77.6 Å². The second-order valence-corrected chi connectivity index (χ2v) is 6.45. The number of benzene rings is 1. The molecule has 0 aliphatic heterocycles. The highest BCUT2D eigenvalue weighted by Gasteiger charge is 2.15. The number of carbonyl (C=O) groups is 1. The zero-order valence-electron chi connectivity index (χ0n) is 14.9. The Balaban J connectivity index is 1.83. The van der Waals surface area contributed by atoms with E-state index in [9.17, 15) is 9.59 Å². The standard InChI is InChI=1S/C19H20ClN3O4/c1-2-26-18(24)7-9-22(12-14-4-3-8-21-11-14)13-23-16-6-5-15(20)10-17(16)27-19(23)25/h3-6,8,10-11H,2,7,9,12-13H2,1H3. The van der Waals surface area contributed by atoms with Crippen LogP contribution in [0.25, 0.3) is 11.1 Å². The van der Waals surface area contributed by atoms with E-state index in [1.807, 2.05) is 17.0 Å². The normalized spacial score (nSPS) is 11.2. The highest BCUT2D eigenvalue weighted by Crippen LogP contribution is 2.19. The summed E-state index contributed by atoms with van der Waals surface area (Å²) in [6, 6.07) is 8.86. The van der Waals surface area contributed by atoms with Crippen molar-refractivity contribution in [3.63, 3.8) is 0 Å². The van der Waals surface area contributed by atoms with Gasteiger partial charge in [-0.15, -0.1) is 0 Å². The van der Waals surface area contributed by atoms with E-state index in [1.165, 1.54) is 4.57 Å². The van der Waals surface area contributed by atoms with Crippen LogP contribution in [0.5, 0.6) is 0 Å². The Morgan fingerprint density at radius 3 is 2.96 bits per heavy atom. The quantitative estimate of drug-likeness (QED) is 0.551. The van der Waals surface area contributed by atoms with E-state index in [-0.39, 0.29) is 19.1 Å². The van der Waals surface area contributed by atoms with Crippen LogP contribution in [-0.2, 0) is 22.7 Å². The highest BCUT2D eigenvalue weighted by atomic mass is 35.5. The fraction of sp³-hybridized carbons (Fsp3) is 0.316. The molecule has 2 aromatic heterocycles. The SMILES string of the molecule is CCOC(=O)CCN(Cc1cccnc1)Cn1c(=O)oc2cc(Cl)ccc21. The van der Waals surface area contributed by atoms with Gasteiger partial charge in [-0.1, -0.05) is 17.7 Å². The van der Waals surface area contributed by atoms with Crippen LogP contribution >= 0.6 is 11.6 Å². The molecule has 0 fully saturated rings. The molecule has 3 rings (SSSR count). The predicted octanol–water partition coefficient (Wildman–Crippen LogP) is 3.06. The Morgan fingerprint density at radius 1 is 1.37 bits per heavy atom. The summed E-state index contributed by atoms with van der Waals surface area (Å²) in [6.07, 6.45) is 3.68. The van der Waals surface area contributed by atoms with Gasteiger partial charge in [0, 0.05) is 36.6 Å². The molecule has 0 N–H and O–H groups in total. The zero-order chi connectivity index (χ0) is 19.2. The summed E-state index contributed by atoms with van der Waals surface area (Å²) in [7, 11) is 0. The molecule has 0 spiro atoms. The molecule has 3 aromatic rings. The van der Waals surface area contributed by atoms with E-state index in [4.69, 9.17) is 20.8 Å². The fourth-order valence-corrected chi connectivity index (χ4v) is 2.97. The van der Waals surface area contributed by atoms with E-state index in [0.29, 0.717) is 35.8 Å². The van der Waals surface area contributed by atoms with Gasteiger partial charge in [-0.3, -0.25) is 19.2 Å². The van der Waals surface area contributed by atoms with Gasteiger partial charge in [0.05, 0.1) is 25.2 Å². The largest absolute Gasteiger partial charge is 0.466 e. The number of esters is 1. The summed E-state index contributed by atoms with van der Waals surface area (Å²) in [4.78, 5) is 30.1. The summed E-state index contributed by atoms with van der Waals surface area (Å²) in [5.74, 6) is -0.746. The van der Waals surface area contributed by atoms with E-state index < -0.39 is 5.76 Å². The Hall–Kier alpha value is -2.64. The van der Waals surface area contributed by atoms with Crippen LogP contribution in [0.3, 0.4) is 0 Å². The van der Waals surface area contributed by atoms with Gasteiger partial charge in [-0.25, -0.2) is 4.79 Å². The molecule has 0 atom stereocenters. The maximum atomic E-state index is 12.3. The maximum Gasteiger partial charge on any atom is 0.421 e. The molecular formula is C19H20ClN3O4. The molecule has 27 heavy (non-hydrogen) atoms. The molecule has 2 heterocycles. The van der Waals surface area contributed by atoms with E-state index >= 15 is 0 Å². The van der Waals surface area contributed by atoms with Gasteiger partial charge < -0.3 is 9.15 Å². The van der Waals surface area contributed by atoms with E-state index in [0.717, 1.165) is 5.56 Å². The minimum Gasteiger partial charge on any atom is -0.466 e. The number of oxazole rings is 1. The summed E-state index contributed by atoms with van der Waals surface area (Å²) in [6.45, 7) is 3.34. The highest BCUT2D eigenvalue weighted by molar-refractivity contribution is 6.31. The van der Waals surface area contributed by atoms with Crippen LogP contribution in [-0.4, -0.2) is 33.6 Å². The monoisotopic (exact) mass is 389 g/mol. The molecule has 0 aliphatic carbocycles. The van der Waals surface area contributed by atoms with Crippen molar-refractivity contribution in [1.29, 1.82) is 0 Å². The van der Waals surface area contributed by atoms with Crippen molar-refractivity contribution in [3.8, 4) is 0 Å². The molecule has 0 bridgehead atoms. The molecule has 0 radical (unpaired) electrons. The number of nitrogens with zero attached hydrogens (tertiary/aromatic N) is 3. The third-order valence-electron chi connectivity index (χ3n) is 4.04. The second kappa shape index (κ2) is 8.83. The van der Waals surface area contributed by atoms with Crippen LogP contribution < -0.4 is 5.76 Å². The van der Waals surface area contributed by atoms with Crippen LogP contribution in [0, 0.1) is 0 Å². The summed E-state index contributed by atoms with van der Waals surface area (Å²) in [5.41, 5.74) is 2.06. The molecule has 0 saturated carbocycles. The van der Waals surface area contributed by atoms with Gasteiger partial charge in [0.2, 0.25) is 0 Å². The van der Waals surface area contributed by atoms with Gasteiger partial charge in [0.1, 0.15) is 0 Å². The Labute approximate surface area is 161 Å². The minimum atomic E-state index is -0.473. The Kier molecular flexibility index (Phi) is 6.26. The van der Waals surface area contributed by atoms with E-state index in [2.05, 4.69) is 4.98 Å². The lowest BCUT2D eigenvalue weighted by Gasteiger charge is -2.22. The number of fused-ring (bicyclic) bond motifs is 1. The van der Waals surface area contributed by atoms with Gasteiger partial charge in [-0.2, -0.15) is 0 Å². The number of rotatable bonds is 8. The summed E-state index contributed by atoms with van der Waals surface area (Å²) < 4.78 is 11.8. The molecular weight excluding hydrogens is 370 g/mol. The average molecular weight is 390 g/mol. The first-order chi connectivity index (χ1) is 13.1. The number of halogens is 1. The molecule has 7 nitrogen and oxygen atoms in total. The van der Waals surface area contributed by atoms with Crippen molar-refractivity contribution >= 4 is 28.7 Å². The van der Waals surface area contributed by atoms with Crippen molar-refractivity contribution in [1.82, 2.24) is 14.5 Å². The summed E-state index contributed by atoms with van der Waals surface area (Å²) >= 11 is 5.97. The number of pyridine rings is 1. The molecule has 1 aromatic carbocycles. The average Bonchev–Trinajstić information content (AvgIpc) is 2.95. The third-order valence-corrected chi connectivity index (χ3v) is 4.27. The molecule has 142 valence electrons. The van der Waals surface area contributed by atoms with E-state index in [1.54, 1.807) is 37.5 Å². The maximum absolute atomic E-state index is 12.3. The van der Waals surface area contributed by atoms with Crippen molar-refractivity contribution in [3.05, 3.63) is 63.9 Å². The molecule has 0 aliphatic rings. The zero-order valence-corrected chi connectivity index (χ0v) is 15.7. The van der Waals surface area contributed by atoms with Crippen molar-refractivity contribution < 1.29 is 13.9 Å². The van der Waals surface area contributed by atoms with Gasteiger partial charge in [0.25, 0.3) is 0 Å². The molecule has 0 unspecified atom stereocenters. The first-order valence-corrected chi connectivity index (χ1v) is 9.00. The third kappa shape index (κ3) is 4.96. The van der Waals surface area contributed by atoms with Crippen LogP contribution in [0.1, 0.15) is 18.9 Å². The molecule has 8 heteroatoms. The smallest absolute Gasteiger partial charge is 0.421 e. The first kappa shape index (κ1) is 19.1. The Bertz CT molecular complexity index is 968. The second-order valence-electron chi connectivity index (χ2n) is 6.02. The van der Waals surface area contributed by atoms with Gasteiger partial charge in [-0.05, 0) is 30.7 Å². The minimum absolute atomic E-state index is 0.227. The number of hydrogen-bond donors (Lipinski definition) is 0. The number of aromatic nitrogens is 2.